The Morgan fingerprint density at radius 1 is 1.10 bits per heavy atom. The lowest BCUT2D eigenvalue weighted by Gasteiger charge is -2.08. The minimum absolute atomic E-state index is 0.0372. The molecule has 0 radical (unpaired) electrons. The number of nitrogens with zero attached hydrogens (tertiary/aromatic N) is 3. The van der Waals surface area contributed by atoms with Crippen LogP contribution in [0.15, 0.2) is 36.4 Å². The highest BCUT2D eigenvalue weighted by molar-refractivity contribution is 6.35. The molecule has 0 bridgehead atoms. The Bertz CT molecular complexity index is 1100. The Morgan fingerprint density at radius 3 is 2.59 bits per heavy atom. The Labute approximate surface area is 175 Å². The van der Waals surface area contributed by atoms with E-state index >= 15 is 0 Å². The summed E-state index contributed by atoms with van der Waals surface area (Å²) in [7, 11) is 0. The van der Waals surface area contributed by atoms with Gasteiger partial charge in [0.05, 0.1) is 16.4 Å². The van der Waals surface area contributed by atoms with Crippen LogP contribution in [0.25, 0.3) is 0 Å². The Hall–Kier alpha value is -2.97. The van der Waals surface area contributed by atoms with E-state index in [2.05, 4.69) is 20.9 Å². The lowest BCUT2D eigenvalue weighted by atomic mass is 10.2. The second-order valence-electron chi connectivity index (χ2n) is 6.27. The minimum Gasteiger partial charge on any atom is -0.324 e. The van der Waals surface area contributed by atoms with Gasteiger partial charge in [0.1, 0.15) is 12.4 Å². The van der Waals surface area contributed by atoms with E-state index in [0.717, 1.165) is 0 Å². The zero-order chi connectivity index (χ0) is 21.1. The predicted octanol–water partition coefficient (Wildman–Crippen LogP) is 4.23. The van der Waals surface area contributed by atoms with Gasteiger partial charge in [-0.2, -0.15) is 0 Å². The SMILES string of the molecule is Cc1ccc(NC(=O)Cn2nnc(C(=O)Nc3cc(Cl)ccc3Cl)c2C)cc1F. The molecule has 150 valence electrons. The van der Waals surface area contributed by atoms with E-state index in [0.29, 0.717) is 32.7 Å². The van der Waals surface area contributed by atoms with Crippen LogP contribution in [-0.4, -0.2) is 26.8 Å². The van der Waals surface area contributed by atoms with Crippen molar-refractivity contribution in [2.75, 3.05) is 10.6 Å². The fraction of sp³-hybridized carbons (Fsp3) is 0.158. The monoisotopic (exact) mass is 435 g/mol. The molecule has 0 atom stereocenters. The van der Waals surface area contributed by atoms with E-state index in [4.69, 9.17) is 23.2 Å². The van der Waals surface area contributed by atoms with Gasteiger partial charge < -0.3 is 10.6 Å². The fourth-order valence-corrected chi connectivity index (χ4v) is 2.84. The van der Waals surface area contributed by atoms with Crippen molar-refractivity contribution in [3.63, 3.8) is 0 Å². The number of hydrogen-bond acceptors (Lipinski definition) is 4. The third-order valence-electron chi connectivity index (χ3n) is 4.12. The molecule has 0 saturated carbocycles. The van der Waals surface area contributed by atoms with Crippen LogP contribution in [0.2, 0.25) is 10.0 Å². The molecule has 2 aromatic carbocycles. The summed E-state index contributed by atoms with van der Waals surface area (Å²) in [6, 6.07) is 9.05. The highest BCUT2D eigenvalue weighted by Crippen LogP contribution is 2.26. The lowest BCUT2D eigenvalue weighted by Crippen LogP contribution is -2.21. The van der Waals surface area contributed by atoms with E-state index in [9.17, 15) is 14.0 Å². The molecular weight excluding hydrogens is 420 g/mol. The normalized spacial score (nSPS) is 10.7. The number of aryl methyl sites for hydroxylation is 1. The topological polar surface area (TPSA) is 88.9 Å². The van der Waals surface area contributed by atoms with Crippen LogP contribution in [0.5, 0.6) is 0 Å². The molecule has 0 aliphatic heterocycles. The molecular formula is C19H16Cl2FN5O2. The molecule has 29 heavy (non-hydrogen) atoms. The van der Waals surface area contributed by atoms with Gasteiger partial charge in [0, 0.05) is 10.7 Å². The molecule has 3 aromatic rings. The number of carbonyl (C=O) groups is 2. The van der Waals surface area contributed by atoms with E-state index in [1.807, 2.05) is 0 Å². The number of nitrogens with one attached hydrogen (secondary N) is 2. The van der Waals surface area contributed by atoms with E-state index in [1.165, 1.54) is 16.8 Å². The summed E-state index contributed by atoms with van der Waals surface area (Å²) in [4.78, 5) is 24.7. The third kappa shape index (κ3) is 4.90. The van der Waals surface area contributed by atoms with Crippen molar-refractivity contribution < 1.29 is 14.0 Å². The quantitative estimate of drug-likeness (QED) is 0.627. The molecule has 10 heteroatoms. The van der Waals surface area contributed by atoms with Gasteiger partial charge in [-0.1, -0.05) is 34.5 Å². The number of aromatic nitrogens is 3. The van der Waals surface area contributed by atoms with E-state index in [-0.39, 0.29) is 12.2 Å². The van der Waals surface area contributed by atoms with E-state index in [1.54, 1.807) is 38.1 Å². The summed E-state index contributed by atoms with van der Waals surface area (Å²) < 4.78 is 14.9. The first kappa shape index (κ1) is 20.8. The highest BCUT2D eigenvalue weighted by atomic mass is 35.5. The van der Waals surface area contributed by atoms with Crippen molar-refractivity contribution in [1.29, 1.82) is 0 Å². The fourth-order valence-electron chi connectivity index (χ4n) is 2.50. The number of amides is 2. The predicted molar refractivity (Wildman–Crippen MR) is 109 cm³/mol. The number of benzene rings is 2. The van der Waals surface area contributed by atoms with Gasteiger partial charge in [0.25, 0.3) is 5.91 Å². The second-order valence-corrected chi connectivity index (χ2v) is 7.12. The van der Waals surface area contributed by atoms with Crippen LogP contribution in [-0.2, 0) is 11.3 Å². The van der Waals surface area contributed by atoms with Gasteiger partial charge in [-0.05, 0) is 49.7 Å². The molecule has 2 N–H and O–H groups in total. The van der Waals surface area contributed by atoms with Gasteiger partial charge in [0.2, 0.25) is 5.91 Å². The van der Waals surface area contributed by atoms with Crippen molar-refractivity contribution in [3.05, 3.63) is 69.2 Å². The molecule has 0 unspecified atom stereocenters. The summed E-state index contributed by atoms with van der Waals surface area (Å²) in [5.74, 6) is -1.40. The van der Waals surface area contributed by atoms with Crippen LogP contribution in [0, 0.1) is 19.7 Å². The number of carbonyl (C=O) groups excluding carboxylic acids is 2. The summed E-state index contributed by atoms with van der Waals surface area (Å²) in [6.07, 6.45) is 0. The first-order valence-electron chi connectivity index (χ1n) is 8.47. The summed E-state index contributed by atoms with van der Waals surface area (Å²) >= 11 is 12.0. The van der Waals surface area contributed by atoms with Gasteiger partial charge >= 0.3 is 0 Å². The maximum Gasteiger partial charge on any atom is 0.278 e. The average molecular weight is 436 g/mol. The minimum atomic E-state index is -0.543. The lowest BCUT2D eigenvalue weighted by molar-refractivity contribution is -0.117. The van der Waals surface area contributed by atoms with Crippen LogP contribution >= 0.6 is 23.2 Å². The van der Waals surface area contributed by atoms with Gasteiger partial charge in [-0.3, -0.25) is 9.59 Å². The summed E-state index contributed by atoms with van der Waals surface area (Å²) in [6.45, 7) is 3.04. The Morgan fingerprint density at radius 2 is 1.86 bits per heavy atom. The maximum atomic E-state index is 13.6. The number of halogens is 3. The standard InChI is InChI=1S/C19H16Cl2FN5O2/c1-10-3-5-13(8-15(10)22)23-17(28)9-27-11(2)18(25-26-27)19(29)24-16-7-12(20)4-6-14(16)21/h3-8H,9H2,1-2H3,(H,23,28)(H,24,29). The number of hydrogen-bond donors (Lipinski definition) is 2. The van der Waals surface area contributed by atoms with Crippen molar-refractivity contribution in [3.8, 4) is 0 Å². The summed E-state index contributed by atoms with van der Waals surface area (Å²) in [5.41, 5.74) is 1.55. The van der Waals surface area contributed by atoms with Gasteiger partial charge in [-0.25, -0.2) is 9.07 Å². The molecule has 7 nitrogen and oxygen atoms in total. The van der Waals surface area contributed by atoms with Crippen molar-refractivity contribution in [2.24, 2.45) is 0 Å². The van der Waals surface area contributed by atoms with Crippen molar-refractivity contribution >= 4 is 46.4 Å². The largest absolute Gasteiger partial charge is 0.324 e. The molecule has 2 amide bonds. The summed E-state index contributed by atoms with van der Waals surface area (Å²) in [5, 5.41) is 13.6. The maximum absolute atomic E-state index is 13.6. The van der Waals surface area contributed by atoms with Gasteiger partial charge in [0.15, 0.2) is 5.69 Å². The van der Waals surface area contributed by atoms with Crippen LogP contribution < -0.4 is 10.6 Å². The second kappa shape index (κ2) is 8.59. The molecule has 0 saturated heterocycles. The molecule has 0 aliphatic rings. The Balaban J connectivity index is 1.69. The van der Waals surface area contributed by atoms with Crippen molar-refractivity contribution in [1.82, 2.24) is 15.0 Å². The van der Waals surface area contributed by atoms with Crippen LogP contribution in [0.3, 0.4) is 0 Å². The first-order chi connectivity index (χ1) is 13.7. The van der Waals surface area contributed by atoms with Crippen molar-refractivity contribution in [2.45, 2.75) is 20.4 Å². The average Bonchev–Trinajstić information content (AvgIpc) is 3.02. The van der Waals surface area contributed by atoms with E-state index < -0.39 is 17.6 Å². The Kier molecular flexibility index (Phi) is 6.14. The zero-order valence-corrected chi connectivity index (χ0v) is 17.0. The highest BCUT2D eigenvalue weighted by Gasteiger charge is 2.19. The number of anilines is 2. The molecule has 1 aromatic heterocycles. The smallest absolute Gasteiger partial charge is 0.278 e. The first-order valence-corrected chi connectivity index (χ1v) is 9.22. The molecule has 0 spiro atoms. The number of rotatable bonds is 5. The molecule has 1 heterocycles. The molecule has 0 aliphatic carbocycles. The molecule has 3 rings (SSSR count). The van der Waals surface area contributed by atoms with Crippen LogP contribution in [0.4, 0.5) is 15.8 Å². The van der Waals surface area contributed by atoms with Gasteiger partial charge in [-0.15, -0.1) is 5.10 Å². The van der Waals surface area contributed by atoms with Crippen LogP contribution in [0.1, 0.15) is 21.7 Å². The molecule has 0 fully saturated rings. The third-order valence-corrected chi connectivity index (χ3v) is 4.69. The zero-order valence-electron chi connectivity index (χ0n) is 15.5.